The minimum absolute atomic E-state index is 0.0194. The van der Waals surface area contributed by atoms with Crippen LogP contribution in [0.25, 0.3) is 0 Å². The Hall–Kier alpha value is -1.82. The fourth-order valence-electron chi connectivity index (χ4n) is 1.31. The molecule has 0 aliphatic carbocycles. The van der Waals surface area contributed by atoms with E-state index in [0.29, 0.717) is 0 Å². The molecule has 0 bridgehead atoms. The van der Waals surface area contributed by atoms with Crippen LogP contribution in [0.1, 0.15) is 32.4 Å². The van der Waals surface area contributed by atoms with E-state index < -0.39 is 23.7 Å². The Labute approximate surface area is 115 Å². The molecule has 1 aromatic rings. The SMILES string of the molecule is CC(C)(C)OC(=O)NC(C(=O)O)c1cccnc1Cl. The Kier molecular flexibility index (Phi) is 4.72. The minimum Gasteiger partial charge on any atom is -0.479 e. The first-order chi connectivity index (χ1) is 8.70. The van der Waals surface area contributed by atoms with Gasteiger partial charge in [-0.1, -0.05) is 17.7 Å². The smallest absolute Gasteiger partial charge is 0.408 e. The first kappa shape index (κ1) is 15.2. The molecule has 1 aromatic heterocycles. The van der Waals surface area contributed by atoms with Crippen molar-refractivity contribution in [1.29, 1.82) is 0 Å². The van der Waals surface area contributed by atoms with Crippen LogP contribution in [0.15, 0.2) is 18.3 Å². The number of aliphatic carboxylic acids is 1. The van der Waals surface area contributed by atoms with Gasteiger partial charge in [0.15, 0.2) is 6.04 Å². The van der Waals surface area contributed by atoms with Crippen LogP contribution in [-0.4, -0.2) is 27.8 Å². The Morgan fingerprint density at radius 2 is 2.11 bits per heavy atom. The van der Waals surface area contributed by atoms with Crippen LogP contribution in [-0.2, 0) is 9.53 Å². The highest BCUT2D eigenvalue weighted by Gasteiger charge is 2.27. The number of nitrogens with one attached hydrogen (secondary N) is 1. The number of halogens is 1. The van der Waals surface area contributed by atoms with E-state index in [-0.39, 0.29) is 10.7 Å². The third-order valence-corrected chi connectivity index (χ3v) is 2.32. The third-order valence-electron chi connectivity index (χ3n) is 2.01. The van der Waals surface area contributed by atoms with Crippen molar-refractivity contribution in [1.82, 2.24) is 10.3 Å². The van der Waals surface area contributed by atoms with Crippen LogP contribution < -0.4 is 5.32 Å². The van der Waals surface area contributed by atoms with Crippen molar-refractivity contribution < 1.29 is 19.4 Å². The molecule has 19 heavy (non-hydrogen) atoms. The van der Waals surface area contributed by atoms with E-state index in [1.807, 2.05) is 0 Å². The summed E-state index contributed by atoms with van der Waals surface area (Å²) in [5.41, 5.74) is -0.520. The molecule has 104 valence electrons. The number of amides is 1. The van der Waals surface area contributed by atoms with Gasteiger partial charge in [0.05, 0.1) is 0 Å². The average Bonchev–Trinajstić information content (AvgIpc) is 2.24. The molecule has 0 aliphatic heterocycles. The van der Waals surface area contributed by atoms with Crippen molar-refractivity contribution in [3.63, 3.8) is 0 Å². The van der Waals surface area contributed by atoms with Crippen LogP contribution >= 0.6 is 11.6 Å². The molecule has 0 radical (unpaired) electrons. The van der Waals surface area contributed by atoms with Gasteiger partial charge >= 0.3 is 12.1 Å². The minimum atomic E-state index is -1.31. The Bertz CT molecular complexity index is 485. The summed E-state index contributed by atoms with van der Waals surface area (Å²) >= 11 is 5.81. The highest BCUT2D eigenvalue weighted by molar-refractivity contribution is 6.30. The number of hydrogen-bond donors (Lipinski definition) is 2. The number of carboxylic acids is 1. The van der Waals surface area contributed by atoms with Crippen LogP contribution in [0.3, 0.4) is 0 Å². The zero-order valence-electron chi connectivity index (χ0n) is 10.8. The lowest BCUT2D eigenvalue weighted by atomic mass is 10.1. The Morgan fingerprint density at radius 1 is 1.47 bits per heavy atom. The van der Waals surface area contributed by atoms with E-state index in [0.717, 1.165) is 0 Å². The number of carbonyl (C=O) groups excluding carboxylic acids is 1. The molecule has 7 heteroatoms. The number of pyridine rings is 1. The maximum absolute atomic E-state index is 11.6. The van der Waals surface area contributed by atoms with Crippen molar-refractivity contribution in [2.75, 3.05) is 0 Å². The standard InChI is InChI=1S/C12H15ClN2O4/c1-12(2,3)19-11(18)15-8(10(16)17)7-5-4-6-14-9(7)13/h4-6,8H,1-3H3,(H,15,18)(H,16,17). The lowest BCUT2D eigenvalue weighted by Crippen LogP contribution is -2.38. The second kappa shape index (κ2) is 5.88. The summed E-state index contributed by atoms with van der Waals surface area (Å²) in [6.07, 6.45) is 0.595. The Balaban J connectivity index is 2.89. The maximum atomic E-state index is 11.6. The van der Waals surface area contributed by atoms with Gasteiger partial charge in [0, 0.05) is 11.8 Å². The molecule has 6 nitrogen and oxygen atoms in total. The highest BCUT2D eigenvalue weighted by atomic mass is 35.5. The number of nitrogens with zero attached hydrogens (tertiary/aromatic N) is 1. The van der Waals surface area contributed by atoms with Crippen LogP contribution in [0.2, 0.25) is 5.15 Å². The summed E-state index contributed by atoms with van der Waals surface area (Å²) in [5.74, 6) is -1.25. The molecule has 2 N–H and O–H groups in total. The highest BCUT2D eigenvalue weighted by Crippen LogP contribution is 2.21. The normalized spacial score (nSPS) is 12.6. The van der Waals surface area contributed by atoms with Gasteiger partial charge < -0.3 is 15.2 Å². The molecule has 1 unspecified atom stereocenters. The van der Waals surface area contributed by atoms with Crippen molar-refractivity contribution in [3.05, 3.63) is 29.0 Å². The van der Waals surface area contributed by atoms with Gasteiger partial charge in [0.1, 0.15) is 10.8 Å². The van der Waals surface area contributed by atoms with Crippen LogP contribution in [0, 0.1) is 0 Å². The van der Waals surface area contributed by atoms with E-state index in [1.54, 1.807) is 20.8 Å². The molecular formula is C12H15ClN2O4. The first-order valence-corrected chi connectivity index (χ1v) is 5.91. The quantitative estimate of drug-likeness (QED) is 0.833. The number of hydrogen-bond acceptors (Lipinski definition) is 4. The molecule has 0 saturated carbocycles. The van der Waals surface area contributed by atoms with Crippen molar-refractivity contribution in [2.24, 2.45) is 0 Å². The average molecular weight is 287 g/mol. The van der Waals surface area contributed by atoms with E-state index in [1.165, 1.54) is 18.3 Å². The fourth-order valence-corrected chi connectivity index (χ4v) is 1.54. The predicted molar refractivity (Wildman–Crippen MR) is 69.0 cm³/mol. The number of rotatable bonds is 3. The number of carboxylic acid groups (broad SMARTS) is 1. The molecule has 1 atom stereocenters. The van der Waals surface area contributed by atoms with E-state index in [4.69, 9.17) is 21.4 Å². The number of alkyl carbamates (subject to hydrolysis) is 1. The van der Waals surface area contributed by atoms with Crippen LogP contribution in [0.5, 0.6) is 0 Å². The van der Waals surface area contributed by atoms with Gasteiger partial charge in [-0.25, -0.2) is 14.6 Å². The zero-order chi connectivity index (χ0) is 14.6. The Morgan fingerprint density at radius 3 is 2.58 bits per heavy atom. The molecular weight excluding hydrogens is 272 g/mol. The lowest BCUT2D eigenvalue weighted by molar-refractivity contribution is -0.139. The topological polar surface area (TPSA) is 88.5 Å². The van der Waals surface area contributed by atoms with Crippen molar-refractivity contribution in [2.45, 2.75) is 32.4 Å². The maximum Gasteiger partial charge on any atom is 0.408 e. The number of aromatic nitrogens is 1. The fraction of sp³-hybridized carbons (Fsp3) is 0.417. The molecule has 0 fully saturated rings. The molecule has 0 aliphatic rings. The van der Waals surface area contributed by atoms with Crippen LogP contribution in [0.4, 0.5) is 4.79 Å². The van der Waals surface area contributed by atoms with Gasteiger partial charge in [-0.3, -0.25) is 0 Å². The zero-order valence-corrected chi connectivity index (χ0v) is 11.6. The van der Waals surface area contributed by atoms with Gasteiger partial charge in [0.25, 0.3) is 0 Å². The van der Waals surface area contributed by atoms with E-state index in [9.17, 15) is 9.59 Å². The van der Waals surface area contributed by atoms with Gasteiger partial charge in [0.2, 0.25) is 0 Å². The summed E-state index contributed by atoms with van der Waals surface area (Å²) in [7, 11) is 0. The lowest BCUT2D eigenvalue weighted by Gasteiger charge is -2.22. The molecule has 1 rings (SSSR count). The molecule has 0 aromatic carbocycles. The second-order valence-electron chi connectivity index (χ2n) is 4.80. The van der Waals surface area contributed by atoms with Gasteiger partial charge in [-0.2, -0.15) is 0 Å². The molecule has 1 heterocycles. The molecule has 0 saturated heterocycles. The van der Waals surface area contributed by atoms with E-state index in [2.05, 4.69) is 10.3 Å². The summed E-state index contributed by atoms with van der Waals surface area (Å²) in [4.78, 5) is 26.6. The number of ether oxygens (including phenoxy) is 1. The summed E-state index contributed by atoms with van der Waals surface area (Å²) in [5, 5.41) is 11.4. The third kappa shape index (κ3) is 4.75. The van der Waals surface area contributed by atoms with Gasteiger partial charge in [-0.15, -0.1) is 0 Å². The predicted octanol–water partition coefficient (Wildman–Crippen LogP) is 2.39. The number of carbonyl (C=O) groups is 2. The summed E-state index contributed by atoms with van der Waals surface area (Å²) < 4.78 is 5.00. The summed E-state index contributed by atoms with van der Waals surface area (Å²) in [6, 6.07) is 1.70. The van der Waals surface area contributed by atoms with Crippen molar-refractivity contribution in [3.8, 4) is 0 Å². The second-order valence-corrected chi connectivity index (χ2v) is 5.16. The largest absolute Gasteiger partial charge is 0.479 e. The van der Waals surface area contributed by atoms with E-state index >= 15 is 0 Å². The summed E-state index contributed by atoms with van der Waals surface area (Å²) in [6.45, 7) is 5.04. The molecule has 1 amide bonds. The monoisotopic (exact) mass is 286 g/mol. The van der Waals surface area contributed by atoms with Crippen molar-refractivity contribution >= 4 is 23.7 Å². The van der Waals surface area contributed by atoms with Gasteiger partial charge in [-0.05, 0) is 26.8 Å². The molecule has 0 spiro atoms. The first-order valence-electron chi connectivity index (χ1n) is 5.53.